The van der Waals surface area contributed by atoms with Crippen LogP contribution in [0, 0.1) is 10.1 Å². The van der Waals surface area contributed by atoms with Crippen molar-refractivity contribution in [2.75, 3.05) is 6.54 Å². The summed E-state index contributed by atoms with van der Waals surface area (Å²) in [7, 11) is 0. The fourth-order valence-corrected chi connectivity index (χ4v) is 1.94. The van der Waals surface area contributed by atoms with Gasteiger partial charge in [-0.3, -0.25) is 14.9 Å². The number of hydrogen-bond acceptors (Lipinski definition) is 3. The third kappa shape index (κ3) is 6.11. The second-order valence-corrected chi connectivity index (χ2v) is 5.11. The topological polar surface area (TPSA) is 72.2 Å². The number of amides is 1. The Morgan fingerprint density at radius 1 is 1.33 bits per heavy atom. The molecule has 0 atom stereocenters. The van der Waals surface area contributed by atoms with Crippen LogP contribution >= 0.6 is 15.9 Å². The highest BCUT2D eigenvalue weighted by Crippen LogP contribution is 2.25. The number of carbonyl (C=O) groups excluding carboxylic acids is 1. The van der Waals surface area contributed by atoms with Crippen molar-refractivity contribution in [2.24, 2.45) is 0 Å². The SMILES string of the molecule is O=C(NCCCCC(F)(F)F)c1ccc(Br)c([N+](=O)[O-])c1. The van der Waals surface area contributed by atoms with Crippen molar-refractivity contribution in [3.8, 4) is 0 Å². The second-order valence-electron chi connectivity index (χ2n) is 4.25. The maximum atomic E-state index is 11.9. The summed E-state index contributed by atoms with van der Waals surface area (Å²) >= 11 is 2.99. The summed E-state index contributed by atoms with van der Waals surface area (Å²) in [5, 5.41) is 13.2. The van der Waals surface area contributed by atoms with Gasteiger partial charge in [0.25, 0.3) is 11.6 Å². The van der Waals surface area contributed by atoms with E-state index in [1.54, 1.807) is 0 Å². The van der Waals surface area contributed by atoms with E-state index in [9.17, 15) is 28.1 Å². The number of unbranched alkanes of at least 4 members (excludes halogenated alkanes) is 1. The van der Waals surface area contributed by atoms with Gasteiger partial charge < -0.3 is 5.32 Å². The van der Waals surface area contributed by atoms with Crippen LogP contribution in [0.2, 0.25) is 0 Å². The maximum Gasteiger partial charge on any atom is 0.389 e. The number of halogens is 4. The molecular formula is C12H12BrF3N2O3. The van der Waals surface area contributed by atoms with E-state index in [2.05, 4.69) is 21.2 Å². The van der Waals surface area contributed by atoms with Crippen molar-refractivity contribution in [2.45, 2.75) is 25.4 Å². The van der Waals surface area contributed by atoms with Crippen molar-refractivity contribution < 1.29 is 22.9 Å². The highest BCUT2D eigenvalue weighted by molar-refractivity contribution is 9.10. The monoisotopic (exact) mass is 368 g/mol. The molecule has 0 saturated heterocycles. The quantitative estimate of drug-likeness (QED) is 0.471. The number of nitrogens with zero attached hydrogens (tertiary/aromatic N) is 1. The normalized spacial score (nSPS) is 11.2. The van der Waals surface area contributed by atoms with Crippen molar-refractivity contribution >= 4 is 27.5 Å². The van der Waals surface area contributed by atoms with Gasteiger partial charge >= 0.3 is 6.18 Å². The molecule has 0 fully saturated rings. The smallest absolute Gasteiger partial charge is 0.352 e. The molecule has 0 aliphatic heterocycles. The van der Waals surface area contributed by atoms with Crippen LogP contribution in [0.15, 0.2) is 22.7 Å². The molecular weight excluding hydrogens is 357 g/mol. The summed E-state index contributed by atoms with van der Waals surface area (Å²) in [6.07, 6.45) is -4.99. The molecule has 1 aromatic rings. The second kappa shape index (κ2) is 7.39. The maximum absolute atomic E-state index is 11.9. The van der Waals surface area contributed by atoms with Crippen LogP contribution in [0.5, 0.6) is 0 Å². The number of nitrogens with one attached hydrogen (secondary N) is 1. The Balaban J connectivity index is 2.49. The minimum Gasteiger partial charge on any atom is -0.352 e. The van der Waals surface area contributed by atoms with E-state index in [-0.39, 0.29) is 35.1 Å². The molecule has 0 aliphatic carbocycles. The van der Waals surface area contributed by atoms with E-state index in [1.807, 2.05) is 0 Å². The van der Waals surface area contributed by atoms with Gasteiger partial charge in [-0.05, 0) is 40.9 Å². The Labute approximate surface area is 126 Å². The lowest BCUT2D eigenvalue weighted by atomic mass is 10.2. The zero-order chi connectivity index (χ0) is 16.0. The van der Waals surface area contributed by atoms with Crippen molar-refractivity contribution in [3.05, 3.63) is 38.3 Å². The number of benzene rings is 1. The first-order valence-electron chi connectivity index (χ1n) is 5.99. The molecule has 0 radical (unpaired) electrons. The highest BCUT2D eigenvalue weighted by Gasteiger charge is 2.25. The van der Waals surface area contributed by atoms with E-state index < -0.39 is 23.4 Å². The van der Waals surface area contributed by atoms with E-state index in [4.69, 9.17) is 0 Å². The summed E-state index contributed by atoms with van der Waals surface area (Å²) in [5.41, 5.74) is -0.166. The third-order valence-electron chi connectivity index (χ3n) is 2.58. The van der Waals surface area contributed by atoms with Crippen LogP contribution in [-0.2, 0) is 0 Å². The van der Waals surface area contributed by atoms with Gasteiger partial charge in [-0.2, -0.15) is 13.2 Å². The molecule has 1 amide bonds. The molecule has 9 heteroatoms. The predicted octanol–water partition coefficient (Wildman–Crippen LogP) is 3.82. The summed E-state index contributed by atoms with van der Waals surface area (Å²) in [4.78, 5) is 21.8. The minimum absolute atomic E-state index is 0.0791. The summed E-state index contributed by atoms with van der Waals surface area (Å²) < 4.78 is 36.0. The summed E-state index contributed by atoms with van der Waals surface area (Å²) in [6.45, 7) is 0.0821. The molecule has 0 aromatic heterocycles. The van der Waals surface area contributed by atoms with E-state index in [0.29, 0.717) is 0 Å². The lowest BCUT2D eigenvalue weighted by Gasteiger charge is -2.07. The molecule has 0 saturated carbocycles. The fourth-order valence-electron chi connectivity index (χ4n) is 1.55. The Bertz CT molecular complexity index is 535. The van der Waals surface area contributed by atoms with Crippen LogP contribution < -0.4 is 5.32 Å². The van der Waals surface area contributed by atoms with Crippen LogP contribution in [-0.4, -0.2) is 23.6 Å². The molecule has 0 bridgehead atoms. The van der Waals surface area contributed by atoms with Gasteiger partial charge in [0.1, 0.15) is 0 Å². The molecule has 0 spiro atoms. The minimum atomic E-state index is -4.20. The van der Waals surface area contributed by atoms with Gasteiger partial charge in [-0.15, -0.1) is 0 Å². The van der Waals surface area contributed by atoms with Gasteiger partial charge in [0, 0.05) is 24.6 Å². The lowest BCUT2D eigenvalue weighted by Crippen LogP contribution is -2.24. The highest BCUT2D eigenvalue weighted by atomic mass is 79.9. The summed E-state index contributed by atoms with van der Waals surface area (Å²) in [5.74, 6) is -0.558. The Morgan fingerprint density at radius 2 is 2.00 bits per heavy atom. The van der Waals surface area contributed by atoms with Gasteiger partial charge in [-0.25, -0.2) is 0 Å². The Hall–Kier alpha value is -1.64. The van der Waals surface area contributed by atoms with Crippen LogP contribution in [0.25, 0.3) is 0 Å². The molecule has 1 N–H and O–H groups in total. The molecule has 1 aromatic carbocycles. The third-order valence-corrected chi connectivity index (χ3v) is 3.25. The molecule has 0 aliphatic rings. The zero-order valence-corrected chi connectivity index (χ0v) is 12.3. The average molecular weight is 369 g/mol. The first-order chi connectivity index (χ1) is 9.70. The van der Waals surface area contributed by atoms with Gasteiger partial charge in [0.15, 0.2) is 0 Å². The van der Waals surface area contributed by atoms with Crippen LogP contribution in [0.1, 0.15) is 29.6 Å². The average Bonchev–Trinajstić information content (AvgIpc) is 2.36. The number of nitro groups is 1. The first kappa shape index (κ1) is 17.4. The Morgan fingerprint density at radius 3 is 2.57 bits per heavy atom. The summed E-state index contributed by atoms with van der Waals surface area (Å²) in [6, 6.07) is 3.87. The van der Waals surface area contributed by atoms with E-state index >= 15 is 0 Å². The van der Waals surface area contributed by atoms with Gasteiger partial charge in [-0.1, -0.05) is 0 Å². The fraction of sp³-hybridized carbons (Fsp3) is 0.417. The molecule has 116 valence electrons. The molecule has 21 heavy (non-hydrogen) atoms. The standard InChI is InChI=1S/C12H12BrF3N2O3/c13-9-4-3-8(7-10(9)18(20)21)11(19)17-6-2-1-5-12(14,15)16/h3-4,7H,1-2,5-6H2,(H,17,19). The van der Waals surface area contributed by atoms with E-state index in [1.165, 1.54) is 12.1 Å². The van der Waals surface area contributed by atoms with Crippen molar-refractivity contribution in [1.29, 1.82) is 0 Å². The van der Waals surface area contributed by atoms with Crippen molar-refractivity contribution in [3.63, 3.8) is 0 Å². The van der Waals surface area contributed by atoms with Gasteiger partial charge in [0.05, 0.1) is 9.40 Å². The van der Waals surface area contributed by atoms with Crippen LogP contribution in [0.4, 0.5) is 18.9 Å². The zero-order valence-electron chi connectivity index (χ0n) is 10.7. The number of rotatable bonds is 6. The number of nitro benzene ring substituents is 1. The molecule has 1 rings (SSSR count). The lowest BCUT2D eigenvalue weighted by molar-refractivity contribution is -0.385. The van der Waals surface area contributed by atoms with Gasteiger partial charge in [0.2, 0.25) is 0 Å². The number of alkyl halides is 3. The molecule has 0 unspecified atom stereocenters. The molecule has 5 nitrogen and oxygen atoms in total. The first-order valence-corrected chi connectivity index (χ1v) is 6.79. The number of hydrogen-bond donors (Lipinski definition) is 1. The Kier molecular flexibility index (Phi) is 6.13. The van der Waals surface area contributed by atoms with E-state index in [0.717, 1.165) is 6.07 Å². The number of carbonyl (C=O) groups is 1. The van der Waals surface area contributed by atoms with Crippen molar-refractivity contribution in [1.82, 2.24) is 5.32 Å². The van der Waals surface area contributed by atoms with Crippen LogP contribution in [0.3, 0.4) is 0 Å². The largest absolute Gasteiger partial charge is 0.389 e. The molecule has 0 heterocycles. The predicted molar refractivity (Wildman–Crippen MR) is 73.0 cm³/mol.